The molecule has 1 amide bonds. The minimum Gasteiger partial charge on any atom is -0.334 e. The molecule has 4 nitrogen and oxygen atoms in total. The molecule has 0 unspecified atom stereocenters. The summed E-state index contributed by atoms with van der Waals surface area (Å²) in [6, 6.07) is 2.05. The van der Waals surface area contributed by atoms with Crippen LogP contribution in [0.15, 0.2) is 21.9 Å². The van der Waals surface area contributed by atoms with E-state index < -0.39 is 9.84 Å². The van der Waals surface area contributed by atoms with Crippen molar-refractivity contribution in [3.05, 3.63) is 32.4 Å². The first-order valence-electron chi connectivity index (χ1n) is 6.26. The zero-order valence-corrected chi connectivity index (χ0v) is 12.3. The van der Waals surface area contributed by atoms with Crippen molar-refractivity contribution in [2.24, 2.45) is 0 Å². The van der Waals surface area contributed by atoms with Gasteiger partial charge in [-0.2, -0.15) is 0 Å². The first kappa shape index (κ1) is 12.9. The molecule has 0 atom stereocenters. The van der Waals surface area contributed by atoms with Gasteiger partial charge in [-0.3, -0.25) is 4.79 Å². The van der Waals surface area contributed by atoms with Crippen molar-refractivity contribution in [2.75, 3.05) is 12.3 Å². The van der Waals surface area contributed by atoms with E-state index in [1.807, 2.05) is 11.4 Å². The lowest BCUT2D eigenvalue weighted by Crippen LogP contribution is -2.36. The van der Waals surface area contributed by atoms with Crippen molar-refractivity contribution >= 4 is 27.1 Å². The third-order valence-electron chi connectivity index (χ3n) is 3.87. The second-order valence-corrected chi connectivity index (χ2v) is 8.20. The summed E-state index contributed by atoms with van der Waals surface area (Å²) in [7, 11) is -3.17. The Morgan fingerprint density at radius 2 is 2.16 bits per heavy atom. The molecule has 2 aliphatic heterocycles. The van der Waals surface area contributed by atoms with Crippen LogP contribution in [-0.2, 0) is 27.6 Å². The van der Waals surface area contributed by atoms with Crippen LogP contribution >= 0.6 is 11.3 Å². The van der Waals surface area contributed by atoms with E-state index >= 15 is 0 Å². The Balaban J connectivity index is 1.86. The summed E-state index contributed by atoms with van der Waals surface area (Å²) >= 11 is 1.73. The number of amides is 1. The zero-order valence-electron chi connectivity index (χ0n) is 10.7. The van der Waals surface area contributed by atoms with Gasteiger partial charge in [0, 0.05) is 28.4 Å². The summed E-state index contributed by atoms with van der Waals surface area (Å²) in [5.41, 5.74) is 1.68. The lowest BCUT2D eigenvalue weighted by atomic mass is 10.1. The van der Waals surface area contributed by atoms with Gasteiger partial charge in [0.1, 0.15) is 0 Å². The van der Waals surface area contributed by atoms with Crippen molar-refractivity contribution in [3.8, 4) is 0 Å². The Morgan fingerprint density at radius 1 is 1.37 bits per heavy atom. The third kappa shape index (κ3) is 2.12. The highest BCUT2D eigenvalue weighted by Gasteiger charge is 2.33. The maximum absolute atomic E-state index is 12.4. The van der Waals surface area contributed by atoms with Gasteiger partial charge in [0.25, 0.3) is 5.91 Å². The number of sulfone groups is 1. The number of nitrogens with zero attached hydrogens (tertiary/aromatic N) is 1. The van der Waals surface area contributed by atoms with Gasteiger partial charge in [-0.05, 0) is 36.8 Å². The summed E-state index contributed by atoms with van der Waals surface area (Å²) in [4.78, 5) is 15.8. The summed E-state index contributed by atoms with van der Waals surface area (Å²) in [5, 5.41) is 2.04. The lowest BCUT2D eigenvalue weighted by molar-refractivity contribution is -0.128. The Bertz CT molecular complexity index is 670. The average Bonchev–Trinajstić information content (AvgIpc) is 2.94. The molecule has 0 spiro atoms. The number of rotatable bonds is 1. The van der Waals surface area contributed by atoms with Crippen LogP contribution < -0.4 is 0 Å². The fourth-order valence-corrected chi connectivity index (χ4v) is 4.86. The van der Waals surface area contributed by atoms with Crippen LogP contribution in [0.4, 0.5) is 0 Å². The van der Waals surface area contributed by atoms with E-state index in [-0.39, 0.29) is 16.6 Å². The molecular weight excluding hydrogens is 282 g/mol. The molecule has 0 saturated heterocycles. The summed E-state index contributed by atoms with van der Waals surface area (Å²) in [5.74, 6) is -0.0207. The quantitative estimate of drug-likeness (QED) is 0.793. The molecule has 0 N–H and O–H groups in total. The maximum atomic E-state index is 12.4. The standard InChI is InChI=1S/C13H15NO3S2/c1-9-11(4-7-19(9,16)17)13(15)14-5-2-12-10(8-14)3-6-18-12/h3,6H,2,4-5,7-8H2,1H3. The molecule has 102 valence electrons. The van der Waals surface area contributed by atoms with Crippen molar-refractivity contribution in [1.82, 2.24) is 4.90 Å². The fourth-order valence-electron chi connectivity index (χ4n) is 2.62. The molecule has 0 fully saturated rings. The van der Waals surface area contributed by atoms with Gasteiger partial charge in [-0.15, -0.1) is 11.3 Å². The Morgan fingerprint density at radius 3 is 2.84 bits per heavy atom. The molecule has 0 bridgehead atoms. The van der Waals surface area contributed by atoms with Crippen molar-refractivity contribution in [2.45, 2.75) is 26.3 Å². The fraction of sp³-hybridized carbons (Fsp3) is 0.462. The van der Waals surface area contributed by atoms with E-state index in [1.165, 1.54) is 10.4 Å². The zero-order chi connectivity index (χ0) is 13.6. The van der Waals surface area contributed by atoms with Gasteiger partial charge in [0.15, 0.2) is 9.84 Å². The van der Waals surface area contributed by atoms with E-state index in [2.05, 4.69) is 0 Å². The average molecular weight is 297 g/mol. The van der Waals surface area contributed by atoms with Crippen LogP contribution in [0.5, 0.6) is 0 Å². The second-order valence-electron chi connectivity index (χ2n) is 4.95. The number of hydrogen-bond acceptors (Lipinski definition) is 4. The van der Waals surface area contributed by atoms with Crippen molar-refractivity contribution < 1.29 is 13.2 Å². The molecule has 1 aromatic rings. The summed E-state index contributed by atoms with van der Waals surface area (Å²) in [6.07, 6.45) is 1.23. The number of fused-ring (bicyclic) bond motifs is 1. The SMILES string of the molecule is CC1=C(C(=O)N2CCc3sccc3C2)CCS1(=O)=O. The number of carbonyl (C=O) groups excluding carboxylic acids is 1. The largest absolute Gasteiger partial charge is 0.334 e. The Hall–Kier alpha value is -1.14. The highest BCUT2D eigenvalue weighted by atomic mass is 32.2. The van der Waals surface area contributed by atoms with Gasteiger partial charge in [-0.1, -0.05) is 0 Å². The Kier molecular flexibility index (Phi) is 3.02. The van der Waals surface area contributed by atoms with Gasteiger partial charge in [0.2, 0.25) is 0 Å². The molecule has 6 heteroatoms. The highest BCUT2D eigenvalue weighted by molar-refractivity contribution is 7.95. The van der Waals surface area contributed by atoms with Crippen LogP contribution in [0.25, 0.3) is 0 Å². The Labute approximate surface area is 116 Å². The maximum Gasteiger partial charge on any atom is 0.251 e. The van der Waals surface area contributed by atoms with E-state index in [1.54, 1.807) is 23.2 Å². The molecule has 1 aromatic heterocycles. The van der Waals surface area contributed by atoms with Gasteiger partial charge >= 0.3 is 0 Å². The van der Waals surface area contributed by atoms with Crippen LogP contribution in [0.3, 0.4) is 0 Å². The molecule has 0 saturated carbocycles. The van der Waals surface area contributed by atoms with Gasteiger partial charge < -0.3 is 4.90 Å². The summed E-state index contributed by atoms with van der Waals surface area (Å²) < 4.78 is 23.4. The molecular formula is C13H15NO3S2. The minimum atomic E-state index is -3.17. The topological polar surface area (TPSA) is 54.5 Å². The minimum absolute atomic E-state index is 0.0808. The third-order valence-corrected chi connectivity index (χ3v) is 6.81. The molecule has 0 aliphatic carbocycles. The van der Waals surface area contributed by atoms with E-state index in [9.17, 15) is 13.2 Å². The number of allylic oxidation sites excluding steroid dienone is 1. The van der Waals surface area contributed by atoms with E-state index in [0.29, 0.717) is 25.1 Å². The van der Waals surface area contributed by atoms with Gasteiger partial charge in [0.05, 0.1) is 5.75 Å². The van der Waals surface area contributed by atoms with Crippen molar-refractivity contribution in [3.63, 3.8) is 0 Å². The molecule has 0 radical (unpaired) electrons. The molecule has 3 heterocycles. The van der Waals surface area contributed by atoms with Crippen LogP contribution in [0.1, 0.15) is 23.8 Å². The predicted octanol–water partition coefficient (Wildman–Crippen LogP) is 1.73. The van der Waals surface area contributed by atoms with Crippen molar-refractivity contribution in [1.29, 1.82) is 0 Å². The first-order chi connectivity index (χ1) is 8.99. The predicted molar refractivity (Wildman–Crippen MR) is 74.5 cm³/mol. The molecule has 19 heavy (non-hydrogen) atoms. The number of thiophene rings is 1. The van der Waals surface area contributed by atoms with Crippen LogP contribution in [0, 0.1) is 0 Å². The smallest absolute Gasteiger partial charge is 0.251 e. The van der Waals surface area contributed by atoms with E-state index in [4.69, 9.17) is 0 Å². The molecule has 3 rings (SSSR count). The van der Waals surface area contributed by atoms with Crippen LogP contribution in [-0.4, -0.2) is 31.5 Å². The monoisotopic (exact) mass is 297 g/mol. The molecule has 0 aromatic carbocycles. The first-order valence-corrected chi connectivity index (χ1v) is 8.79. The summed E-state index contributed by atoms with van der Waals surface area (Å²) in [6.45, 7) is 2.84. The second kappa shape index (κ2) is 4.45. The number of carbonyl (C=O) groups is 1. The van der Waals surface area contributed by atoms with Gasteiger partial charge in [-0.25, -0.2) is 8.42 Å². The highest BCUT2D eigenvalue weighted by Crippen LogP contribution is 2.30. The van der Waals surface area contributed by atoms with E-state index in [0.717, 1.165) is 6.42 Å². The number of hydrogen-bond donors (Lipinski definition) is 0. The normalized spacial score (nSPS) is 21.6. The van der Waals surface area contributed by atoms with Crippen LogP contribution in [0.2, 0.25) is 0 Å². The molecule has 2 aliphatic rings. The lowest BCUT2D eigenvalue weighted by Gasteiger charge is -2.27.